The highest BCUT2D eigenvalue weighted by Crippen LogP contribution is 2.38. The molecule has 0 saturated carbocycles. The fraction of sp³-hybridized carbons (Fsp3) is 0.273. The highest BCUT2D eigenvalue weighted by atomic mass is 14.8. The van der Waals surface area contributed by atoms with Crippen molar-refractivity contribution in [1.82, 2.24) is 4.98 Å². The fourth-order valence-electron chi connectivity index (χ4n) is 3.62. The molecule has 1 aromatic heterocycles. The van der Waals surface area contributed by atoms with Gasteiger partial charge < -0.3 is 0 Å². The van der Waals surface area contributed by atoms with Gasteiger partial charge in [-0.25, -0.2) is 4.98 Å². The largest absolute Gasteiger partial charge is 0.248 e. The summed E-state index contributed by atoms with van der Waals surface area (Å²) < 4.78 is 0. The molecule has 0 fully saturated rings. The zero-order chi connectivity index (χ0) is 18.6. The van der Waals surface area contributed by atoms with Crippen LogP contribution >= 0.6 is 0 Å². The molecule has 126 valence electrons. The second-order valence-corrected chi connectivity index (χ2v) is 6.45. The quantitative estimate of drug-likeness (QED) is 0.775. The van der Waals surface area contributed by atoms with Crippen LogP contribution in [-0.4, -0.2) is 4.98 Å². The number of fused-ring (bicyclic) bond motifs is 1. The molecule has 0 spiro atoms. The Balaban J connectivity index is 2.39. The van der Waals surface area contributed by atoms with E-state index < -0.39 is 5.41 Å². The van der Waals surface area contributed by atoms with E-state index in [0.29, 0.717) is 5.56 Å². The van der Waals surface area contributed by atoms with Crippen molar-refractivity contribution in [3.8, 4) is 29.5 Å². The van der Waals surface area contributed by atoms with Crippen LogP contribution in [0.2, 0.25) is 0 Å². The van der Waals surface area contributed by atoms with Gasteiger partial charge in [0.25, 0.3) is 0 Å². The Hall–Kier alpha value is -3.42. The molecule has 0 radical (unpaired) electrons. The van der Waals surface area contributed by atoms with Gasteiger partial charge in [-0.05, 0) is 36.8 Å². The van der Waals surface area contributed by atoms with Gasteiger partial charge >= 0.3 is 0 Å². The predicted molar refractivity (Wildman–Crippen MR) is 98.7 cm³/mol. The molecule has 4 nitrogen and oxygen atoms in total. The van der Waals surface area contributed by atoms with Crippen LogP contribution in [0.3, 0.4) is 0 Å². The molecule has 26 heavy (non-hydrogen) atoms. The summed E-state index contributed by atoms with van der Waals surface area (Å²) in [5.74, 6) is 0. The average Bonchev–Trinajstić information content (AvgIpc) is 2.71. The molecule has 0 saturated heterocycles. The number of nitrogens with zero attached hydrogens (tertiary/aromatic N) is 4. The lowest BCUT2D eigenvalue weighted by atomic mass is 9.77. The van der Waals surface area contributed by atoms with E-state index in [1.807, 2.05) is 30.3 Å². The topological polar surface area (TPSA) is 84.3 Å². The van der Waals surface area contributed by atoms with Crippen LogP contribution in [0, 0.1) is 34.0 Å². The summed E-state index contributed by atoms with van der Waals surface area (Å²) in [6.45, 7) is 3.68. The number of hydrogen-bond donors (Lipinski definition) is 0. The minimum absolute atomic E-state index is 0.134. The Bertz CT molecular complexity index is 954. The van der Waals surface area contributed by atoms with Crippen molar-refractivity contribution in [1.29, 1.82) is 15.8 Å². The Kier molecular flexibility index (Phi) is 4.83. The van der Waals surface area contributed by atoms with Gasteiger partial charge in [-0.15, -0.1) is 6.58 Å². The molecular weight excluding hydrogens is 320 g/mol. The summed E-state index contributed by atoms with van der Waals surface area (Å²) in [7, 11) is 0. The van der Waals surface area contributed by atoms with Crippen LogP contribution in [0.1, 0.15) is 41.6 Å². The van der Waals surface area contributed by atoms with Crippen LogP contribution in [0.5, 0.6) is 0 Å². The summed E-state index contributed by atoms with van der Waals surface area (Å²) >= 11 is 0. The summed E-state index contributed by atoms with van der Waals surface area (Å²) in [6, 6.07) is 16.2. The van der Waals surface area contributed by atoms with E-state index in [9.17, 15) is 15.8 Å². The first-order valence-corrected chi connectivity index (χ1v) is 8.66. The lowest BCUT2D eigenvalue weighted by Crippen LogP contribution is -2.26. The van der Waals surface area contributed by atoms with Crippen molar-refractivity contribution in [2.24, 2.45) is 0 Å². The first kappa shape index (κ1) is 17.4. The van der Waals surface area contributed by atoms with Gasteiger partial charge in [0.05, 0.1) is 29.1 Å². The maximum absolute atomic E-state index is 9.82. The fourth-order valence-corrected chi connectivity index (χ4v) is 3.62. The molecule has 1 aliphatic rings. The standard InChI is InChI=1S/C22H18N4/c1-2-12-22(14-24,15-25)21-19(13-23)17-10-6-7-11-18(17)20(26-21)16-8-4-3-5-9-16/h2-5,8-9H,1,6-7,10-12H2. The zero-order valence-corrected chi connectivity index (χ0v) is 14.5. The molecule has 3 rings (SSSR count). The lowest BCUT2D eigenvalue weighted by Gasteiger charge is -2.26. The van der Waals surface area contributed by atoms with E-state index in [2.05, 4.69) is 24.8 Å². The molecule has 1 aliphatic carbocycles. The van der Waals surface area contributed by atoms with Crippen molar-refractivity contribution >= 4 is 0 Å². The number of nitriles is 3. The van der Waals surface area contributed by atoms with E-state index in [-0.39, 0.29) is 12.1 Å². The van der Waals surface area contributed by atoms with E-state index in [1.54, 1.807) is 0 Å². The minimum atomic E-state index is -1.50. The van der Waals surface area contributed by atoms with Gasteiger partial charge in [0.15, 0.2) is 5.41 Å². The van der Waals surface area contributed by atoms with Crippen LogP contribution in [0.15, 0.2) is 43.0 Å². The van der Waals surface area contributed by atoms with Crippen molar-refractivity contribution in [2.75, 3.05) is 0 Å². The molecule has 4 heteroatoms. The Labute approximate surface area is 153 Å². The molecule has 2 aromatic rings. The smallest absolute Gasteiger partial charge is 0.190 e. The molecule has 0 amide bonds. The van der Waals surface area contributed by atoms with Crippen LogP contribution in [-0.2, 0) is 18.3 Å². The third-order valence-electron chi connectivity index (χ3n) is 4.91. The first-order chi connectivity index (χ1) is 12.7. The molecule has 0 N–H and O–H groups in total. The Morgan fingerprint density at radius 3 is 2.27 bits per heavy atom. The van der Waals surface area contributed by atoms with E-state index >= 15 is 0 Å². The monoisotopic (exact) mass is 338 g/mol. The molecule has 1 aromatic carbocycles. The summed E-state index contributed by atoms with van der Waals surface area (Å²) in [5, 5.41) is 29.4. The molecule has 0 unspecified atom stereocenters. The van der Waals surface area contributed by atoms with Crippen molar-refractivity contribution in [3.05, 3.63) is 65.4 Å². The second-order valence-electron chi connectivity index (χ2n) is 6.45. The second kappa shape index (κ2) is 7.22. The third kappa shape index (κ3) is 2.75. The average molecular weight is 338 g/mol. The van der Waals surface area contributed by atoms with Gasteiger partial charge in [-0.3, -0.25) is 0 Å². The summed E-state index contributed by atoms with van der Waals surface area (Å²) in [5.41, 5.74) is 2.91. The van der Waals surface area contributed by atoms with Gasteiger partial charge in [0.2, 0.25) is 0 Å². The van der Waals surface area contributed by atoms with E-state index in [4.69, 9.17) is 4.98 Å². The normalized spacial score (nSPS) is 13.0. The maximum atomic E-state index is 9.82. The SMILES string of the molecule is C=CCC(C#N)(C#N)c1nc(-c2ccccc2)c2c(c1C#N)CCCC2. The molecule has 1 heterocycles. The predicted octanol–water partition coefficient (Wildman–Crippen LogP) is 4.36. The van der Waals surface area contributed by atoms with Gasteiger partial charge in [0, 0.05) is 12.0 Å². The lowest BCUT2D eigenvalue weighted by molar-refractivity contribution is 0.653. The van der Waals surface area contributed by atoms with E-state index in [1.165, 1.54) is 6.08 Å². The Morgan fingerprint density at radius 2 is 1.69 bits per heavy atom. The number of rotatable bonds is 4. The Morgan fingerprint density at radius 1 is 1.04 bits per heavy atom. The number of allylic oxidation sites excluding steroid dienone is 1. The molecular formula is C22H18N4. The number of aromatic nitrogens is 1. The van der Waals surface area contributed by atoms with Crippen LogP contribution in [0.4, 0.5) is 0 Å². The number of pyridine rings is 1. The molecule has 0 aliphatic heterocycles. The number of hydrogen-bond acceptors (Lipinski definition) is 4. The van der Waals surface area contributed by atoms with Crippen LogP contribution in [0.25, 0.3) is 11.3 Å². The van der Waals surface area contributed by atoms with Gasteiger partial charge in [0.1, 0.15) is 6.07 Å². The van der Waals surface area contributed by atoms with Crippen molar-refractivity contribution in [3.63, 3.8) is 0 Å². The summed E-state index contributed by atoms with van der Waals surface area (Å²) in [4.78, 5) is 4.74. The van der Waals surface area contributed by atoms with Gasteiger partial charge in [-0.1, -0.05) is 36.4 Å². The zero-order valence-electron chi connectivity index (χ0n) is 14.5. The minimum Gasteiger partial charge on any atom is -0.248 e. The highest BCUT2D eigenvalue weighted by Gasteiger charge is 2.38. The highest BCUT2D eigenvalue weighted by molar-refractivity contribution is 5.69. The number of benzene rings is 1. The third-order valence-corrected chi connectivity index (χ3v) is 4.91. The van der Waals surface area contributed by atoms with Crippen molar-refractivity contribution < 1.29 is 0 Å². The molecule has 0 bridgehead atoms. The first-order valence-electron chi connectivity index (χ1n) is 8.66. The summed E-state index contributed by atoms with van der Waals surface area (Å²) in [6.07, 6.45) is 5.34. The van der Waals surface area contributed by atoms with Crippen molar-refractivity contribution in [2.45, 2.75) is 37.5 Å². The van der Waals surface area contributed by atoms with Gasteiger partial charge in [-0.2, -0.15) is 15.8 Å². The maximum Gasteiger partial charge on any atom is 0.190 e. The van der Waals surface area contributed by atoms with E-state index in [0.717, 1.165) is 48.1 Å². The molecule has 0 atom stereocenters. The van der Waals surface area contributed by atoms with Crippen LogP contribution < -0.4 is 0 Å².